The maximum Gasteiger partial charge on any atom is -0.0200 e. The third kappa shape index (κ3) is 1.43. The molecule has 78 valence electrons. The monoisotopic (exact) mass is 190 g/mol. The fourth-order valence-corrected chi connectivity index (χ4v) is 3.65. The molecule has 0 heteroatoms. The van der Waals surface area contributed by atoms with Crippen LogP contribution < -0.4 is 0 Å². The van der Waals surface area contributed by atoms with E-state index in [-0.39, 0.29) is 0 Å². The topological polar surface area (TPSA) is 0 Å². The van der Waals surface area contributed by atoms with Gasteiger partial charge in [0, 0.05) is 0 Å². The number of allylic oxidation sites excluding steroid dienone is 2. The standard InChI is InChI=1S/C14H22/c1-9-3-6-13-10(2)14(13)8-7-12(9)11-4-5-11/h10-11,13-14H,3-8H2,1-2H3. The van der Waals surface area contributed by atoms with E-state index < -0.39 is 0 Å². The highest BCUT2D eigenvalue weighted by Crippen LogP contribution is 2.55. The Bertz CT molecular complexity index is 270. The van der Waals surface area contributed by atoms with Crippen LogP contribution in [0.5, 0.6) is 0 Å². The minimum Gasteiger partial charge on any atom is -0.0738 e. The van der Waals surface area contributed by atoms with Crippen LogP contribution in [0.3, 0.4) is 0 Å². The molecule has 0 aromatic carbocycles. The van der Waals surface area contributed by atoms with Crippen molar-refractivity contribution in [1.29, 1.82) is 0 Å². The summed E-state index contributed by atoms with van der Waals surface area (Å²) in [5.41, 5.74) is 3.65. The van der Waals surface area contributed by atoms with Gasteiger partial charge in [0.2, 0.25) is 0 Å². The minimum atomic E-state index is 1.03. The summed E-state index contributed by atoms with van der Waals surface area (Å²) in [5.74, 6) is 4.30. The lowest BCUT2D eigenvalue weighted by Gasteiger charge is -2.14. The van der Waals surface area contributed by atoms with Crippen LogP contribution in [0.4, 0.5) is 0 Å². The van der Waals surface area contributed by atoms with Crippen molar-refractivity contribution in [2.45, 2.75) is 52.4 Å². The van der Waals surface area contributed by atoms with Crippen molar-refractivity contribution in [1.82, 2.24) is 0 Å². The van der Waals surface area contributed by atoms with E-state index in [1.54, 1.807) is 5.57 Å². The summed E-state index contributed by atoms with van der Waals surface area (Å²) in [6.45, 7) is 4.87. The summed E-state index contributed by atoms with van der Waals surface area (Å²) >= 11 is 0. The zero-order chi connectivity index (χ0) is 9.71. The highest BCUT2D eigenvalue weighted by Gasteiger charge is 2.46. The van der Waals surface area contributed by atoms with E-state index in [1.807, 2.05) is 5.57 Å². The SMILES string of the molecule is CC1=C(C2CC2)CCC2C(C)C2CC1. The van der Waals surface area contributed by atoms with Gasteiger partial charge in [0.05, 0.1) is 0 Å². The molecule has 0 bridgehead atoms. The highest BCUT2D eigenvalue weighted by molar-refractivity contribution is 5.21. The van der Waals surface area contributed by atoms with Crippen LogP contribution in [0.25, 0.3) is 0 Å². The molecule has 0 amide bonds. The predicted molar refractivity (Wildman–Crippen MR) is 60.0 cm³/mol. The Hall–Kier alpha value is -0.260. The van der Waals surface area contributed by atoms with Crippen LogP contribution in [0.2, 0.25) is 0 Å². The van der Waals surface area contributed by atoms with Gasteiger partial charge in [0.15, 0.2) is 0 Å². The van der Waals surface area contributed by atoms with Crippen molar-refractivity contribution in [2.24, 2.45) is 23.7 Å². The van der Waals surface area contributed by atoms with Crippen LogP contribution in [0.15, 0.2) is 11.1 Å². The molecule has 0 aromatic heterocycles. The quantitative estimate of drug-likeness (QED) is 0.544. The molecular formula is C14H22. The Balaban J connectivity index is 1.74. The third-order valence-corrected chi connectivity index (χ3v) is 4.98. The molecule has 14 heavy (non-hydrogen) atoms. The first kappa shape index (κ1) is 9.00. The summed E-state index contributed by atoms with van der Waals surface area (Å²) < 4.78 is 0. The number of rotatable bonds is 1. The molecule has 3 atom stereocenters. The molecule has 0 aliphatic heterocycles. The van der Waals surface area contributed by atoms with Crippen molar-refractivity contribution in [3.8, 4) is 0 Å². The summed E-state index contributed by atoms with van der Waals surface area (Å²) in [4.78, 5) is 0. The van der Waals surface area contributed by atoms with Gasteiger partial charge >= 0.3 is 0 Å². The molecule has 3 aliphatic carbocycles. The lowest BCUT2D eigenvalue weighted by molar-refractivity contribution is 0.570. The van der Waals surface area contributed by atoms with E-state index in [1.165, 1.54) is 38.5 Å². The third-order valence-electron chi connectivity index (χ3n) is 4.98. The molecule has 0 heterocycles. The molecule has 0 nitrogen and oxygen atoms in total. The van der Waals surface area contributed by atoms with Crippen LogP contribution in [0, 0.1) is 23.7 Å². The van der Waals surface area contributed by atoms with Crippen LogP contribution in [-0.2, 0) is 0 Å². The zero-order valence-corrected chi connectivity index (χ0v) is 9.55. The van der Waals surface area contributed by atoms with Gasteiger partial charge in [-0.25, -0.2) is 0 Å². The highest BCUT2D eigenvalue weighted by atomic mass is 14.5. The van der Waals surface area contributed by atoms with E-state index >= 15 is 0 Å². The molecular weight excluding hydrogens is 168 g/mol. The van der Waals surface area contributed by atoms with E-state index in [0.717, 1.165) is 23.7 Å². The van der Waals surface area contributed by atoms with Gasteiger partial charge in [-0.2, -0.15) is 0 Å². The molecule has 2 fully saturated rings. The number of fused-ring (bicyclic) bond motifs is 1. The Labute approximate surface area is 87.8 Å². The van der Waals surface area contributed by atoms with Crippen molar-refractivity contribution in [3.05, 3.63) is 11.1 Å². The number of hydrogen-bond donors (Lipinski definition) is 0. The Morgan fingerprint density at radius 3 is 2.21 bits per heavy atom. The normalized spacial score (nSPS) is 42.9. The van der Waals surface area contributed by atoms with Crippen molar-refractivity contribution in [3.63, 3.8) is 0 Å². The van der Waals surface area contributed by atoms with E-state index in [2.05, 4.69) is 13.8 Å². The minimum absolute atomic E-state index is 1.03. The van der Waals surface area contributed by atoms with Gasteiger partial charge in [-0.15, -0.1) is 0 Å². The Morgan fingerprint density at radius 1 is 0.929 bits per heavy atom. The van der Waals surface area contributed by atoms with Crippen LogP contribution in [0.1, 0.15) is 52.4 Å². The van der Waals surface area contributed by atoms with Gasteiger partial charge in [-0.3, -0.25) is 0 Å². The average Bonchev–Trinajstić information content (AvgIpc) is 3.01. The molecule has 3 aliphatic rings. The Morgan fingerprint density at radius 2 is 1.57 bits per heavy atom. The molecule has 0 spiro atoms. The largest absolute Gasteiger partial charge is 0.0738 e. The molecule has 0 radical (unpaired) electrons. The van der Waals surface area contributed by atoms with Gasteiger partial charge in [-0.1, -0.05) is 18.1 Å². The number of hydrogen-bond acceptors (Lipinski definition) is 0. The Kier molecular flexibility index (Phi) is 2.00. The van der Waals surface area contributed by atoms with E-state index in [0.29, 0.717) is 0 Å². The van der Waals surface area contributed by atoms with Crippen LogP contribution in [-0.4, -0.2) is 0 Å². The molecule has 0 saturated heterocycles. The lowest BCUT2D eigenvalue weighted by atomic mass is 9.92. The maximum atomic E-state index is 2.47. The van der Waals surface area contributed by atoms with E-state index in [4.69, 9.17) is 0 Å². The second-order valence-corrected chi connectivity index (χ2v) is 5.84. The average molecular weight is 190 g/mol. The zero-order valence-electron chi connectivity index (χ0n) is 9.55. The molecule has 3 rings (SSSR count). The van der Waals surface area contributed by atoms with Gasteiger partial charge in [0.1, 0.15) is 0 Å². The fraction of sp³-hybridized carbons (Fsp3) is 0.857. The fourth-order valence-electron chi connectivity index (χ4n) is 3.65. The predicted octanol–water partition coefficient (Wildman–Crippen LogP) is 4.17. The van der Waals surface area contributed by atoms with Crippen molar-refractivity contribution >= 4 is 0 Å². The van der Waals surface area contributed by atoms with Crippen molar-refractivity contribution in [2.75, 3.05) is 0 Å². The first-order valence-corrected chi connectivity index (χ1v) is 6.46. The lowest BCUT2D eigenvalue weighted by Crippen LogP contribution is -1.98. The molecule has 0 aromatic rings. The summed E-state index contributed by atoms with van der Waals surface area (Å²) in [6.07, 6.45) is 8.86. The smallest absolute Gasteiger partial charge is 0.0200 e. The van der Waals surface area contributed by atoms with Gasteiger partial charge in [-0.05, 0) is 69.1 Å². The van der Waals surface area contributed by atoms with Gasteiger partial charge < -0.3 is 0 Å². The van der Waals surface area contributed by atoms with E-state index in [9.17, 15) is 0 Å². The first-order valence-electron chi connectivity index (χ1n) is 6.46. The second-order valence-electron chi connectivity index (χ2n) is 5.84. The van der Waals surface area contributed by atoms with Crippen molar-refractivity contribution < 1.29 is 0 Å². The second kappa shape index (κ2) is 3.12. The van der Waals surface area contributed by atoms with Crippen LogP contribution >= 0.6 is 0 Å². The van der Waals surface area contributed by atoms with Gasteiger partial charge in [0.25, 0.3) is 0 Å². The summed E-state index contributed by atoms with van der Waals surface area (Å²) in [5, 5.41) is 0. The first-order chi connectivity index (χ1) is 6.77. The molecule has 3 unspecified atom stereocenters. The maximum absolute atomic E-state index is 2.47. The summed E-state index contributed by atoms with van der Waals surface area (Å²) in [6, 6.07) is 0. The molecule has 0 N–H and O–H groups in total. The summed E-state index contributed by atoms with van der Waals surface area (Å²) in [7, 11) is 0. The molecule has 2 saturated carbocycles.